The number of benzene rings is 2. The van der Waals surface area contributed by atoms with Crippen molar-refractivity contribution in [3.05, 3.63) is 70.6 Å². The van der Waals surface area contributed by atoms with Crippen molar-refractivity contribution >= 4 is 16.9 Å². The molecule has 3 aromatic rings. The first-order valence-electron chi connectivity index (χ1n) is 9.56. The number of nitrogens with zero attached hydrogens (tertiary/aromatic N) is 1. The molecule has 2 aromatic carbocycles. The molecule has 144 valence electrons. The number of hydrogen-bond acceptors (Lipinski definition) is 4. The summed E-state index contributed by atoms with van der Waals surface area (Å²) in [4.78, 5) is 26.8. The molecule has 0 radical (unpaired) electrons. The summed E-state index contributed by atoms with van der Waals surface area (Å²) in [6.45, 7) is 2.20. The number of ether oxygens (including phenoxy) is 1. The van der Waals surface area contributed by atoms with Gasteiger partial charge in [0.05, 0.1) is 18.3 Å². The largest absolute Gasteiger partial charge is 0.464 e. The second kappa shape index (κ2) is 7.98. The average Bonchev–Trinajstić information content (AvgIpc) is 2.74. The van der Waals surface area contributed by atoms with Crippen LogP contribution in [0, 0.1) is 5.92 Å². The van der Waals surface area contributed by atoms with Crippen LogP contribution in [-0.4, -0.2) is 37.6 Å². The molecule has 4 rings (SSSR count). The van der Waals surface area contributed by atoms with Gasteiger partial charge in [0.25, 0.3) is 5.91 Å². The van der Waals surface area contributed by atoms with Crippen LogP contribution in [0.3, 0.4) is 0 Å². The molecule has 0 aliphatic carbocycles. The maximum absolute atomic E-state index is 13.0. The third-order valence-electron chi connectivity index (χ3n) is 5.31. The highest BCUT2D eigenvalue weighted by Gasteiger charge is 2.24. The smallest absolute Gasteiger partial charge is 0.253 e. The number of carbonyl (C=O) groups excluding carboxylic acids is 1. The van der Waals surface area contributed by atoms with Gasteiger partial charge in [-0.25, -0.2) is 0 Å². The first-order valence-corrected chi connectivity index (χ1v) is 9.56. The van der Waals surface area contributed by atoms with E-state index >= 15 is 0 Å². The summed E-state index contributed by atoms with van der Waals surface area (Å²) in [6, 6.07) is 14.5. The topological polar surface area (TPSA) is 59.8 Å². The molecule has 28 heavy (non-hydrogen) atoms. The molecule has 0 saturated carbocycles. The predicted molar refractivity (Wildman–Crippen MR) is 108 cm³/mol. The molecule has 1 saturated heterocycles. The molecule has 5 heteroatoms. The van der Waals surface area contributed by atoms with E-state index in [2.05, 4.69) is 0 Å². The van der Waals surface area contributed by atoms with Crippen molar-refractivity contribution in [3.63, 3.8) is 0 Å². The van der Waals surface area contributed by atoms with E-state index in [0.29, 0.717) is 29.1 Å². The summed E-state index contributed by atoms with van der Waals surface area (Å²) < 4.78 is 10.7. The molecule has 1 atom stereocenters. The lowest BCUT2D eigenvalue weighted by Gasteiger charge is -2.32. The minimum absolute atomic E-state index is 0.0509. The van der Waals surface area contributed by atoms with Gasteiger partial charge >= 0.3 is 0 Å². The van der Waals surface area contributed by atoms with Gasteiger partial charge in [-0.3, -0.25) is 9.59 Å². The van der Waals surface area contributed by atoms with E-state index in [4.69, 9.17) is 9.15 Å². The number of carbonyl (C=O) groups is 1. The van der Waals surface area contributed by atoms with E-state index < -0.39 is 0 Å². The van der Waals surface area contributed by atoms with Crippen molar-refractivity contribution in [2.24, 2.45) is 5.92 Å². The van der Waals surface area contributed by atoms with Crippen LogP contribution in [0.1, 0.15) is 23.2 Å². The quantitative estimate of drug-likeness (QED) is 0.691. The van der Waals surface area contributed by atoms with Gasteiger partial charge < -0.3 is 14.1 Å². The molecule has 2 heterocycles. The Labute approximate surface area is 163 Å². The van der Waals surface area contributed by atoms with Gasteiger partial charge in [-0.2, -0.15) is 0 Å². The van der Waals surface area contributed by atoms with Crippen LogP contribution in [0.2, 0.25) is 0 Å². The highest BCUT2D eigenvalue weighted by molar-refractivity contribution is 5.96. The van der Waals surface area contributed by atoms with Crippen LogP contribution in [-0.2, 0) is 4.74 Å². The van der Waals surface area contributed by atoms with Gasteiger partial charge in [0.15, 0.2) is 5.43 Å². The number of piperidine rings is 1. The third kappa shape index (κ3) is 3.71. The normalized spacial score (nSPS) is 17.0. The van der Waals surface area contributed by atoms with Gasteiger partial charge in [0.1, 0.15) is 5.58 Å². The second-order valence-corrected chi connectivity index (χ2v) is 7.29. The number of fused-ring (bicyclic) bond motifs is 1. The monoisotopic (exact) mass is 377 g/mol. The Morgan fingerprint density at radius 3 is 2.89 bits per heavy atom. The zero-order valence-corrected chi connectivity index (χ0v) is 15.9. The van der Waals surface area contributed by atoms with Gasteiger partial charge in [-0.1, -0.05) is 18.2 Å². The Balaban J connectivity index is 1.61. The van der Waals surface area contributed by atoms with Crippen molar-refractivity contribution in [3.8, 4) is 11.1 Å². The molecule has 5 nitrogen and oxygen atoms in total. The van der Waals surface area contributed by atoms with Crippen LogP contribution in [0.25, 0.3) is 22.1 Å². The Hall–Kier alpha value is -2.92. The molecular formula is C23H23NO4. The molecule has 1 aliphatic rings. The lowest BCUT2D eigenvalue weighted by molar-refractivity contribution is 0.0571. The molecule has 0 spiro atoms. The van der Waals surface area contributed by atoms with Crippen LogP contribution in [0.15, 0.2) is 64.0 Å². The van der Waals surface area contributed by atoms with E-state index in [-0.39, 0.29) is 11.3 Å². The standard InChI is InChI=1S/C23H23NO4/c1-27-15-16-4-3-10-24(14-16)23(26)19-6-2-5-17(12-19)18-7-8-20-21(25)9-11-28-22(20)13-18/h2,5-9,11-13,16H,3-4,10,14-15H2,1H3/t16-/m1/s1. The fourth-order valence-electron chi connectivity index (χ4n) is 3.90. The Morgan fingerprint density at radius 1 is 1.18 bits per heavy atom. The Bertz CT molecular complexity index is 1050. The molecule has 1 fully saturated rings. The zero-order chi connectivity index (χ0) is 19.5. The fraction of sp³-hybridized carbons (Fsp3) is 0.304. The van der Waals surface area contributed by atoms with Crippen molar-refractivity contribution in [1.29, 1.82) is 0 Å². The lowest BCUT2D eigenvalue weighted by atomic mass is 9.97. The molecular weight excluding hydrogens is 354 g/mol. The number of rotatable bonds is 4. The van der Waals surface area contributed by atoms with Gasteiger partial charge in [0, 0.05) is 31.8 Å². The van der Waals surface area contributed by atoms with Gasteiger partial charge in [-0.05, 0) is 54.2 Å². The summed E-state index contributed by atoms with van der Waals surface area (Å²) in [6.07, 6.45) is 3.50. The van der Waals surface area contributed by atoms with Crippen LogP contribution >= 0.6 is 0 Å². The van der Waals surface area contributed by atoms with E-state index in [0.717, 1.165) is 37.1 Å². The minimum Gasteiger partial charge on any atom is -0.464 e. The fourth-order valence-corrected chi connectivity index (χ4v) is 3.90. The van der Waals surface area contributed by atoms with Crippen molar-refractivity contribution in [1.82, 2.24) is 4.90 Å². The SMILES string of the molecule is COC[C@@H]1CCCN(C(=O)c2cccc(-c3ccc4c(=O)ccoc4c3)c2)C1. The maximum Gasteiger partial charge on any atom is 0.253 e. The highest BCUT2D eigenvalue weighted by atomic mass is 16.5. The number of likely N-dealkylation sites (tertiary alicyclic amines) is 1. The third-order valence-corrected chi connectivity index (χ3v) is 5.31. The first kappa shape index (κ1) is 18.4. The highest BCUT2D eigenvalue weighted by Crippen LogP contribution is 2.25. The van der Waals surface area contributed by atoms with E-state index in [1.54, 1.807) is 13.2 Å². The second-order valence-electron chi connectivity index (χ2n) is 7.29. The van der Waals surface area contributed by atoms with Crippen molar-refractivity contribution < 1.29 is 13.9 Å². The summed E-state index contributed by atoms with van der Waals surface area (Å²) in [7, 11) is 1.70. The maximum atomic E-state index is 13.0. The van der Waals surface area contributed by atoms with Gasteiger partial charge in [0.2, 0.25) is 0 Å². The Morgan fingerprint density at radius 2 is 2.04 bits per heavy atom. The summed E-state index contributed by atoms with van der Waals surface area (Å²) in [5.41, 5.74) is 2.98. The molecule has 0 bridgehead atoms. The molecule has 1 aliphatic heterocycles. The zero-order valence-electron chi connectivity index (χ0n) is 15.9. The first-order chi connectivity index (χ1) is 13.7. The van der Waals surface area contributed by atoms with Crippen LogP contribution < -0.4 is 5.43 Å². The van der Waals surface area contributed by atoms with Crippen molar-refractivity contribution in [2.75, 3.05) is 26.8 Å². The average molecular weight is 377 g/mol. The minimum atomic E-state index is -0.0626. The van der Waals surface area contributed by atoms with Gasteiger partial charge in [-0.15, -0.1) is 0 Å². The lowest BCUT2D eigenvalue weighted by Crippen LogP contribution is -2.41. The number of methoxy groups -OCH3 is 1. The number of amides is 1. The molecule has 1 aromatic heterocycles. The van der Waals surface area contributed by atoms with E-state index in [1.165, 1.54) is 12.3 Å². The molecule has 0 N–H and O–H groups in total. The number of hydrogen-bond donors (Lipinski definition) is 0. The molecule has 0 unspecified atom stereocenters. The Kier molecular flexibility index (Phi) is 5.26. The summed E-state index contributed by atoms with van der Waals surface area (Å²) in [5, 5.41) is 0.552. The van der Waals surface area contributed by atoms with Crippen molar-refractivity contribution in [2.45, 2.75) is 12.8 Å². The predicted octanol–water partition coefficient (Wildman–Crippen LogP) is 3.96. The van der Waals surface area contributed by atoms with Crippen LogP contribution in [0.4, 0.5) is 0 Å². The van der Waals surface area contributed by atoms with E-state index in [1.807, 2.05) is 41.3 Å². The summed E-state index contributed by atoms with van der Waals surface area (Å²) in [5.74, 6) is 0.448. The van der Waals surface area contributed by atoms with Crippen LogP contribution in [0.5, 0.6) is 0 Å². The summed E-state index contributed by atoms with van der Waals surface area (Å²) >= 11 is 0. The van der Waals surface area contributed by atoms with E-state index in [9.17, 15) is 9.59 Å². The molecule has 1 amide bonds.